The van der Waals surface area contributed by atoms with E-state index >= 15 is 0 Å². The summed E-state index contributed by atoms with van der Waals surface area (Å²) in [6.07, 6.45) is 0. The Balaban J connectivity index is 2.57. The Labute approximate surface area is 112 Å². The van der Waals surface area contributed by atoms with Crippen LogP contribution in [0.5, 0.6) is 0 Å². The highest BCUT2D eigenvalue weighted by atomic mass is 79.9. The zero-order chi connectivity index (χ0) is 12.4. The van der Waals surface area contributed by atoms with Crippen molar-refractivity contribution in [2.75, 3.05) is 12.4 Å². The van der Waals surface area contributed by atoms with Gasteiger partial charge in [-0.15, -0.1) is 0 Å². The van der Waals surface area contributed by atoms with E-state index in [4.69, 9.17) is 0 Å². The lowest BCUT2D eigenvalue weighted by Gasteiger charge is -1.99. The van der Waals surface area contributed by atoms with Gasteiger partial charge in [0.05, 0.1) is 4.88 Å². The van der Waals surface area contributed by atoms with Crippen molar-refractivity contribution in [1.82, 2.24) is 4.98 Å². The molecule has 0 radical (unpaired) electrons. The van der Waals surface area contributed by atoms with E-state index in [9.17, 15) is 4.79 Å². The predicted octanol–water partition coefficient (Wildman–Crippen LogP) is 3.82. The summed E-state index contributed by atoms with van der Waals surface area (Å²) in [6, 6.07) is 7.86. The van der Waals surface area contributed by atoms with Gasteiger partial charge < -0.3 is 5.32 Å². The largest absolute Gasteiger partial charge is 0.365 e. The third-order valence-electron chi connectivity index (χ3n) is 2.26. The van der Waals surface area contributed by atoms with Gasteiger partial charge in [-0.05, 0) is 17.7 Å². The molecule has 0 saturated carbocycles. The number of hydrogen-bond acceptors (Lipinski definition) is 4. The lowest BCUT2D eigenvalue weighted by Crippen LogP contribution is -1.95. The highest BCUT2D eigenvalue weighted by Gasteiger charge is 2.16. The number of aromatic nitrogens is 1. The minimum Gasteiger partial charge on any atom is -0.365 e. The number of carbonyl (C=O) groups excluding carboxylic acids is 1. The molecule has 0 spiro atoms. The molecule has 0 fully saturated rings. The number of nitrogens with zero attached hydrogens (tertiary/aromatic N) is 1. The minimum absolute atomic E-state index is 0.0160. The first-order valence-corrected chi connectivity index (χ1v) is 6.68. The summed E-state index contributed by atoms with van der Waals surface area (Å²) in [4.78, 5) is 16.7. The number of rotatable bonds is 3. The molecule has 0 aliphatic rings. The van der Waals surface area contributed by atoms with E-state index in [1.54, 1.807) is 7.05 Å². The Kier molecular flexibility index (Phi) is 3.59. The van der Waals surface area contributed by atoms with Crippen molar-refractivity contribution in [2.45, 2.75) is 6.92 Å². The number of thiazole rings is 1. The first-order chi connectivity index (χ1) is 8.11. The zero-order valence-electron chi connectivity index (χ0n) is 9.45. The van der Waals surface area contributed by atoms with Gasteiger partial charge in [-0.25, -0.2) is 4.98 Å². The molecule has 0 saturated heterocycles. The second kappa shape index (κ2) is 4.98. The van der Waals surface area contributed by atoms with Gasteiger partial charge in [-0.3, -0.25) is 4.79 Å². The number of Topliss-reactive ketones (excluding diaryl/α,β-unsaturated/α-hetero) is 1. The van der Waals surface area contributed by atoms with Crippen molar-refractivity contribution in [2.24, 2.45) is 0 Å². The van der Waals surface area contributed by atoms with Crippen LogP contribution < -0.4 is 5.32 Å². The minimum atomic E-state index is -0.0160. The van der Waals surface area contributed by atoms with Crippen LogP contribution in [0.3, 0.4) is 0 Å². The number of hydrogen-bond donors (Lipinski definition) is 1. The van der Waals surface area contributed by atoms with E-state index in [-0.39, 0.29) is 5.78 Å². The van der Waals surface area contributed by atoms with E-state index in [1.165, 1.54) is 18.3 Å². The SMILES string of the molecule is CNc1nc(C(C)=O)c(-c2cccc(Br)c2)s1. The fourth-order valence-electron chi connectivity index (χ4n) is 1.49. The van der Waals surface area contributed by atoms with E-state index in [0.29, 0.717) is 5.69 Å². The van der Waals surface area contributed by atoms with Crippen LogP contribution >= 0.6 is 27.3 Å². The predicted molar refractivity (Wildman–Crippen MR) is 74.8 cm³/mol. The van der Waals surface area contributed by atoms with Crippen LogP contribution in [0, 0.1) is 0 Å². The Bertz CT molecular complexity index is 565. The van der Waals surface area contributed by atoms with Crippen LogP contribution in [-0.2, 0) is 0 Å². The van der Waals surface area contributed by atoms with Gasteiger partial charge >= 0.3 is 0 Å². The molecule has 17 heavy (non-hydrogen) atoms. The standard InChI is InChI=1S/C12H11BrN2OS/c1-7(16)10-11(17-12(14-2)15-10)8-4-3-5-9(13)6-8/h3-6H,1-2H3,(H,14,15). The lowest BCUT2D eigenvalue weighted by molar-refractivity contribution is 0.101. The summed E-state index contributed by atoms with van der Waals surface area (Å²) in [6.45, 7) is 1.54. The maximum absolute atomic E-state index is 11.6. The molecular formula is C12H11BrN2OS. The number of nitrogens with one attached hydrogen (secondary N) is 1. The van der Waals surface area contributed by atoms with Crippen LogP contribution in [-0.4, -0.2) is 17.8 Å². The molecule has 3 nitrogen and oxygen atoms in total. The molecule has 0 unspecified atom stereocenters. The summed E-state index contributed by atoms with van der Waals surface area (Å²) >= 11 is 4.91. The molecule has 2 rings (SSSR count). The summed E-state index contributed by atoms with van der Waals surface area (Å²) in [7, 11) is 1.80. The van der Waals surface area contributed by atoms with Crippen molar-refractivity contribution in [1.29, 1.82) is 0 Å². The van der Waals surface area contributed by atoms with E-state index in [2.05, 4.69) is 26.2 Å². The Morgan fingerprint density at radius 2 is 2.24 bits per heavy atom. The van der Waals surface area contributed by atoms with Crippen molar-refractivity contribution in [3.8, 4) is 10.4 Å². The third-order valence-corrected chi connectivity index (χ3v) is 3.88. The van der Waals surface area contributed by atoms with Gasteiger partial charge in [0.2, 0.25) is 0 Å². The van der Waals surface area contributed by atoms with E-state index in [0.717, 1.165) is 20.0 Å². The van der Waals surface area contributed by atoms with Crippen LogP contribution in [0.15, 0.2) is 28.7 Å². The van der Waals surface area contributed by atoms with Gasteiger partial charge in [0.1, 0.15) is 5.69 Å². The maximum atomic E-state index is 11.6. The maximum Gasteiger partial charge on any atom is 0.183 e. The Hall–Kier alpha value is -1.20. The van der Waals surface area contributed by atoms with Crippen LogP contribution in [0.25, 0.3) is 10.4 Å². The molecule has 1 aromatic heterocycles. The molecule has 88 valence electrons. The quantitative estimate of drug-likeness (QED) is 0.876. The smallest absolute Gasteiger partial charge is 0.183 e. The normalized spacial score (nSPS) is 10.3. The van der Waals surface area contributed by atoms with Gasteiger partial charge in [-0.1, -0.05) is 39.4 Å². The molecule has 1 N–H and O–H groups in total. The first kappa shape index (κ1) is 12.3. The molecular weight excluding hydrogens is 300 g/mol. The molecule has 5 heteroatoms. The zero-order valence-corrected chi connectivity index (χ0v) is 11.9. The third kappa shape index (κ3) is 2.56. The Morgan fingerprint density at radius 1 is 1.47 bits per heavy atom. The average Bonchev–Trinajstić information content (AvgIpc) is 2.73. The molecule has 0 amide bonds. The van der Waals surface area contributed by atoms with Crippen molar-refractivity contribution >= 4 is 38.2 Å². The fraction of sp³-hybridized carbons (Fsp3) is 0.167. The molecule has 1 heterocycles. The number of anilines is 1. The van der Waals surface area contributed by atoms with E-state index < -0.39 is 0 Å². The van der Waals surface area contributed by atoms with E-state index in [1.807, 2.05) is 24.3 Å². The number of carbonyl (C=O) groups is 1. The van der Waals surface area contributed by atoms with Crippen LogP contribution in [0.4, 0.5) is 5.13 Å². The summed E-state index contributed by atoms with van der Waals surface area (Å²) in [5, 5.41) is 3.73. The highest BCUT2D eigenvalue weighted by Crippen LogP contribution is 2.34. The first-order valence-electron chi connectivity index (χ1n) is 5.07. The lowest BCUT2D eigenvalue weighted by atomic mass is 10.1. The molecule has 0 bridgehead atoms. The molecule has 2 aromatic rings. The second-order valence-electron chi connectivity index (χ2n) is 3.51. The van der Waals surface area contributed by atoms with Gasteiger partial charge in [0.15, 0.2) is 10.9 Å². The average molecular weight is 311 g/mol. The topological polar surface area (TPSA) is 42.0 Å². The van der Waals surface area contributed by atoms with Crippen LogP contribution in [0.2, 0.25) is 0 Å². The summed E-state index contributed by atoms with van der Waals surface area (Å²) < 4.78 is 0.990. The number of halogens is 1. The molecule has 0 atom stereocenters. The molecule has 0 aliphatic carbocycles. The van der Waals surface area contributed by atoms with Crippen molar-refractivity contribution in [3.05, 3.63) is 34.4 Å². The highest BCUT2D eigenvalue weighted by molar-refractivity contribution is 9.10. The Morgan fingerprint density at radius 3 is 2.82 bits per heavy atom. The molecule has 1 aromatic carbocycles. The summed E-state index contributed by atoms with van der Waals surface area (Å²) in [5.41, 5.74) is 1.53. The summed E-state index contributed by atoms with van der Waals surface area (Å²) in [5.74, 6) is -0.0160. The number of benzene rings is 1. The van der Waals surface area contributed by atoms with Crippen LogP contribution in [0.1, 0.15) is 17.4 Å². The fourth-order valence-corrected chi connectivity index (χ4v) is 2.85. The monoisotopic (exact) mass is 310 g/mol. The second-order valence-corrected chi connectivity index (χ2v) is 5.43. The van der Waals surface area contributed by atoms with Gasteiger partial charge in [0.25, 0.3) is 0 Å². The van der Waals surface area contributed by atoms with Gasteiger partial charge in [0, 0.05) is 18.4 Å². The molecule has 0 aliphatic heterocycles. The van der Waals surface area contributed by atoms with Gasteiger partial charge in [-0.2, -0.15) is 0 Å². The number of ketones is 1. The van der Waals surface area contributed by atoms with Crippen molar-refractivity contribution < 1.29 is 4.79 Å². The van der Waals surface area contributed by atoms with Crippen molar-refractivity contribution in [3.63, 3.8) is 0 Å².